The number of hydrogen-bond acceptors (Lipinski definition) is 6. The molecule has 2 aromatic heterocycles. The number of anilines is 2. The summed E-state index contributed by atoms with van der Waals surface area (Å²) in [6.45, 7) is 3.74. The highest BCUT2D eigenvalue weighted by molar-refractivity contribution is 6.40. The zero-order valence-electron chi connectivity index (χ0n) is 11.4. The van der Waals surface area contributed by atoms with Gasteiger partial charge in [0.15, 0.2) is 0 Å². The van der Waals surface area contributed by atoms with Gasteiger partial charge in [-0.05, 0) is 38.1 Å². The topological polar surface area (TPSA) is 74.6 Å². The van der Waals surface area contributed by atoms with E-state index in [9.17, 15) is 0 Å². The molecule has 0 aliphatic rings. The third kappa shape index (κ3) is 4.16. The molecule has 0 aromatic carbocycles. The van der Waals surface area contributed by atoms with Crippen molar-refractivity contribution in [1.29, 1.82) is 0 Å². The molecule has 2 N–H and O–H groups in total. The van der Waals surface area contributed by atoms with E-state index in [0.717, 1.165) is 11.4 Å². The van der Waals surface area contributed by atoms with Gasteiger partial charge in [-0.3, -0.25) is 10.9 Å². The molecule has 0 aliphatic carbocycles. The lowest BCUT2D eigenvalue weighted by molar-refractivity contribution is 1.21. The highest BCUT2D eigenvalue weighted by Gasteiger charge is 1.98. The second-order valence-electron chi connectivity index (χ2n) is 4.05. The smallest absolute Gasteiger partial charge is 0.146 e. The largest absolute Gasteiger partial charge is 0.261 e. The molecule has 102 valence electrons. The van der Waals surface area contributed by atoms with Crippen molar-refractivity contribution in [2.75, 3.05) is 10.9 Å². The summed E-state index contributed by atoms with van der Waals surface area (Å²) >= 11 is 0. The number of hydrazone groups is 2. The van der Waals surface area contributed by atoms with E-state index in [4.69, 9.17) is 0 Å². The average molecular weight is 268 g/mol. The molecule has 0 saturated heterocycles. The fourth-order valence-corrected chi connectivity index (χ4v) is 1.30. The van der Waals surface area contributed by atoms with E-state index in [0.29, 0.717) is 11.6 Å². The lowest BCUT2D eigenvalue weighted by atomic mass is 10.3. The predicted octanol–water partition coefficient (Wildman–Crippen LogP) is 2.75. The van der Waals surface area contributed by atoms with Crippen molar-refractivity contribution in [2.24, 2.45) is 10.2 Å². The fourth-order valence-electron chi connectivity index (χ4n) is 1.30. The molecule has 0 amide bonds. The molecule has 20 heavy (non-hydrogen) atoms. The maximum atomic E-state index is 4.22. The number of nitrogens with zero attached hydrogens (tertiary/aromatic N) is 4. The molecule has 0 fully saturated rings. The van der Waals surface area contributed by atoms with E-state index in [1.807, 2.05) is 50.2 Å². The molecule has 2 rings (SSSR count). The van der Waals surface area contributed by atoms with Crippen LogP contribution in [0.15, 0.2) is 59.0 Å². The Morgan fingerprint density at radius 1 is 0.800 bits per heavy atom. The normalized spacial score (nSPS) is 12.1. The molecule has 0 unspecified atom stereocenters. The summed E-state index contributed by atoms with van der Waals surface area (Å²) in [7, 11) is 0. The van der Waals surface area contributed by atoms with Gasteiger partial charge in [-0.15, -0.1) is 0 Å². The van der Waals surface area contributed by atoms with Crippen LogP contribution in [0.3, 0.4) is 0 Å². The monoisotopic (exact) mass is 268 g/mol. The van der Waals surface area contributed by atoms with E-state index in [1.54, 1.807) is 12.4 Å². The van der Waals surface area contributed by atoms with Crippen molar-refractivity contribution < 1.29 is 0 Å². The maximum Gasteiger partial charge on any atom is 0.146 e. The standard InChI is InChI=1S/C14H16N6/c1-11(17-19-13-7-3-5-9-15-13)12(2)18-20-14-8-4-6-10-16-14/h3-10H,1-2H3,(H,15,19)(H,16,20)/b17-11-,18-12-. The first-order valence-electron chi connectivity index (χ1n) is 6.19. The number of pyridine rings is 2. The summed E-state index contributed by atoms with van der Waals surface area (Å²) in [6.07, 6.45) is 3.41. The van der Waals surface area contributed by atoms with Crippen molar-refractivity contribution in [2.45, 2.75) is 13.8 Å². The van der Waals surface area contributed by atoms with Crippen LogP contribution in [-0.4, -0.2) is 21.4 Å². The lowest BCUT2D eigenvalue weighted by Crippen LogP contribution is -2.11. The summed E-state index contributed by atoms with van der Waals surface area (Å²) in [5, 5.41) is 8.44. The summed E-state index contributed by atoms with van der Waals surface area (Å²) in [5.41, 5.74) is 7.28. The third-order valence-electron chi connectivity index (χ3n) is 2.53. The van der Waals surface area contributed by atoms with E-state index >= 15 is 0 Å². The molecule has 0 atom stereocenters. The van der Waals surface area contributed by atoms with Crippen molar-refractivity contribution in [3.05, 3.63) is 48.8 Å². The molecule has 6 nitrogen and oxygen atoms in total. The molecule has 2 aromatic rings. The Kier molecular flexibility index (Phi) is 4.77. The van der Waals surface area contributed by atoms with Gasteiger partial charge in [0.25, 0.3) is 0 Å². The second-order valence-corrected chi connectivity index (χ2v) is 4.05. The first kappa shape index (κ1) is 13.7. The van der Waals surface area contributed by atoms with Crippen molar-refractivity contribution in [1.82, 2.24) is 9.97 Å². The molecule has 2 heterocycles. The van der Waals surface area contributed by atoms with Gasteiger partial charge in [-0.2, -0.15) is 10.2 Å². The fraction of sp³-hybridized carbons (Fsp3) is 0.143. The first-order valence-corrected chi connectivity index (χ1v) is 6.19. The van der Waals surface area contributed by atoms with Crippen LogP contribution in [-0.2, 0) is 0 Å². The van der Waals surface area contributed by atoms with E-state index in [1.165, 1.54) is 0 Å². The van der Waals surface area contributed by atoms with Crippen LogP contribution in [0.4, 0.5) is 11.6 Å². The van der Waals surface area contributed by atoms with Crippen LogP contribution in [0.1, 0.15) is 13.8 Å². The van der Waals surface area contributed by atoms with Gasteiger partial charge >= 0.3 is 0 Å². The number of aromatic nitrogens is 2. The van der Waals surface area contributed by atoms with Gasteiger partial charge in [0.05, 0.1) is 11.4 Å². The van der Waals surface area contributed by atoms with E-state index in [-0.39, 0.29) is 0 Å². The van der Waals surface area contributed by atoms with Gasteiger partial charge in [0, 0.05) is 12.4 Å². The molecule has 0 radical (unpaired) electrons. The summed E-state index contributed by atoms with van der Waals surface area (Å²) in [6, 6.07) is 11.2. The van der Waals surface area contributed by atoms with Gasteiger partial charge in [-0.1, -0.05) is 12.1 Å². The molecule has 0 aliphatic heterocycles. The number of hydrogen-bond donors (Lipinski definition) is 2. The maximum absolute atomic E-state index is 4.22. The van der Waals surface area contributed by atoms with Crippen LogP contribution in [0, 0.1) is 0 Å². The van der Waals surface area contributed by atoms with Crippen LogP contribution in [0.25, 0.3) is 0 Å². The molecular formula is C14H16N6. The Bertz CT molecular complexity index is 536. The minimum absolute atomic E-state index is 0.692. The zero-order valence-corrected chi connectivity index (χ0v) is 11.4. The third-order valence-corrected chi connectivity index (χ3v) is 2.53. The Morgan fingerprint density at radius 2 is 1.25 bits per heavy atom. The van der Waals surface area contributed by atoms with Gasteiger partial charge < -0.3 is 0 Å². The molecule has 0 saturated carbocycles. The van der Waals surface area contributed by atoms with Crippen LogP contribution >= 0.6 is 0 Å². The van der Waals surface area contributed by atoms with Gasteiger partial charge in [0.2, 0.25) is 0 Å². The average Bonchev–Trinajstić information content (AvgIpc) is 2.52. The summed E-state index contributed by atoms with van der Waals surface area (Å²) in [5.74, 6) is 1.38. The number of nitrogens with one attached hydrogen (secondary N) is 2. The Morgan fingerprint density at radius 3 is 1.60 bits per heavy atom. The SMILES string of the molecule is CC(=N/Nc1ccccn1)/C(C)=N\Nc1ccccn1. The van der Waals surface area contributed by atoms with Gasteiger partial charge in [0.1, 0.15) is 11.6 Å². The highest BCUT2D eigenvalue weighted by Crippen LogP contribution is 2.01. The summed E-state index contributed by atoms with van der Waals surface area (Å²) in [4.78, 5) is 8.24. The Balaban J connectivity index is 1.95. The van der Waals surface area contributed by atoms with Crippen LogP contribution < -0.4 is 10.9 Å². The van der Waals surface area contributed by atoms with Crippen molar-refractivity contribution in [3.63, 3.8) is 0 Å². The first-order chi connectivity index (χ1) is 9.75. The highest BCUT2D eigenvalue weighted by atomic mass is 15.3. The minimum Gasteiger partial charge on any atom is -0.261 e. The van der Waals surface area contributed by atoms with Crippen LogP contribution in [0.2, 0.25) is 0 Å². The Labute approximate surface area is 117 Å². The van der Waals surface area contributed by atoms with Crippen LogP contribution in [0.5, 0.6) is 0 Å². The van der Waals surface area contributed by atoms with Gasteiger partial charge in [-0.25, -0.2) is 9.97 Å². The van der Waals surface area contributed by atoms with Crippen molar-refractivity contribution in [3.8, 4) is 0 Å². The number of rotatable bonds is 5. The zero-order chi connectivity index (χ0) is 14.2. The molecule has 0 spiro atoms. The predicted molar refractivity (Wildman–Crippen MR) is 81.9 cm³/mol. The second kappa shape index (κ2) is 6.98. The quantitative estimate of drug-likeness (QED) is 0.646. The summed E-state index contributed by atoms with van der Waals surface area (Å²) < 4.78 is 0. The van der Waals surface area contributed by atoms with Crippen molar-refractivity contribution >= 4 is 23.1 Å². The molecular weight excluding hydrogens is 252 g/mol. The lowest BCUT2D eigenvalue weighted by Gasteiger charge is -2.03. The van der Waals surface area contributed by atoms with E-state index in [2.05, 4.69) is 31.0 Å². The minimum atomic E-state index is 0.692. The molecule has 6 heteroatoms. The molecule has 0 bridgehead atoms. The van der Waals surface area contributed by atoms with E-state index < -0.39 is 0 Å². The Hall–Kier alpha value is -2.76.